The summed E-state index contributed by atoms with van der Waals surface area (Å²) < 4.78 is 23.6. The molecule has 0 aliphatic carbocycles. The standard InChI is InChI=1S/C23H20FN3O4S/c1-30-18-10-8-17(9-11-18)26-23-27(14-19-3-2-12-31-19)22(29)20(32-23)13-21(28)25-16-6-4-15(24)5-7-16/h2-12,20H,13-14H2,1H3,(H,25,28)/t20-/m0/s1. The summed E-state index contributed by atoms with van der Waals surface area (Å²) in [5.74, 6) is 0.348. The number of amides is 2. The number of nitrogens with one attached hydrogen (secondary N) is 1. The monoisotopic (exact) mass is 453 g/mol. The number of aliphatic imine (C=N–C) groups is 1. The van der Waals surface area contributed by atoms with Crippen molar-refractivity contribution in [3.63, 3.8) is 0 Å². The van der Waals surface area contributed by atoms with Gasteiger partial charge in [-0.3, -0.25) is 14.5 Å². The number of furan rings is 1. The molecule has 1 aliphatic rings. The Labute approximate surface area is 188 Å². The Hall–Kier alpha value is -3.59. The van der Waals surface area contributed by atoms with Crippen LogP contribution in [0.2, 0.25) is 0 Å². The van der Waals surface area contributed by atoms with Crippen molar-refractivity contribution in [2.75, 3.05) is 12.4 Å². The van der Waals surface area contributed by atoms with Gasteiger partial charge in [-0.05, 0) is 60.7 Å². The van der Waals surface area contributed by atoms with Crippen LogP contribution in [0.15, 0.2) is 76.3 Å². The van der Waals surface area contributed by atoms with Crippen LogP contribution in [0.3, 0.4) is 0 Å². The molecule has 9 heteroatoms. The highest BCUT2D eigenvalue weighted by Crippen LogP contribution is 2.33. The first kappa shape index (κ1) is 21.6. The van der Waals surface area contributed by atoms with E-state index in [9.17, 15) is 14.0 Å². The van der Waals surface area contributed by atoms with Gasteiger partial charge in [0.15, 0.2) is 5.17 Å². The first-order valence-corrected chi connectivity index (χ1v) is 10.7. The Morgan fingerprint density at radius 2 is 1.94 bits per heavy atom. The largest absolute Gasteiger partial charge is 0.497 e. The number of thioether (sulfide) groups is 1. The molecule has 3 aromatic rings. The third kappa shape index (κ3) is 5.17. The summed E-state index contributed by atoms with van der Waals surface area (Å²) in [6.07, 6.45) is 1.49. The van der Waals surface area contributed by atoms with Gasteiger partial charge in [-0.15, -0.1) is 0 Å². The fraction of sp³-hybridized carbons (Fsp3) is 0.174. The number of hydrogen-bond acceptors (Lipinski definition) is 6. The van der Waals surface area contributed by atoms with Crippen molar-refractivity contribution in [1.29, 1.82) is 0 Å². The Morgan fingerprint density at radius 1 is 1.19 bits per heavy atom. The van der Waals surface area contributed by atoms with E-state index < -0.39 is 11.1 Å². The maximum atomic E-state index is 13.1. The van der Waals surface area contributed by atoms with Crippen molar-refractivity contribution in [3.8, 4) is 5.75 Å². The molecule has 0 spiro atoms. The van der Waals surface area contributed by atoms with Crippen LogP contribution in [0.25, 0.3) is 0 Å². The summed E-state index contributed by atoms with van der Waals surface area (Å²) in [6.45, 7) is 0.212. The van der Waals surface area contributed by atoms with E-state index in [0.29, 0.717) is 28.1 Å². The number of halogens is 1. The number of benzene rings is 2. The normalized spacial score (nSPS) is 17.1. The molecule has 2 heterocycles. The molecule has 0 bridgehead atoms. The van der Waals surface area contributed by atoms with E-state index in [2.05, 4.69) is 10.3 Å². The lowest BCUT2D eigenvalue weighted by molar-refractivity contribution is -0.128. The third-order valence-electron chi connectivity index (χ3n) is 4.71. The summed E-state index contributed by atoms with van der Waals surface area (Å²) in [5, 5.41) is 2.54. The van der Waals surface area contributed by atoms with Gasteiger partial charge < -0.3 is 14.5 Å². The van der Waals surface area contributed by atoms with Crippen molar-refractivity contribution in [1.82, 2.24) is 4.90 Å². The van der Waals surface area contributed by atoms with Gasteiger partial charge in [0.05, 0.1) is 25.6 Å². The van der Waals surface area contributed by atoms with E-state index in [1.54, 1.807) is 43.5 Å². The highest BCUT2D eigenvalue weighted by Gasteiger charge is 2.39. The quantitative estimate of drug-likeness (QED) is 0.566. The molecule has 1 N–H and O–H groups in total. The number of anilines is 1. The lowest BCUT2D eigenvalue weighted by Gasteiger charge is -2.15. The van der Waals surface area contributed by atoms with Crippen LogP contribution in [0.4, 0.5) is 15.8 Å². The fourth-order valence-electron chi connectivity index (χ4n) is 3.11. The first-order chi connectivity index (χ1) is 15.5. The van der Waals surface area contributed by atoms with Crippen molar-refractivity contribution in [2.24, 2.45) is 4.99 Å². The van der Waals surface area contributed by atoms with E-state index in [1.165, 1.54) is 47.2 Å². The second-order valence-electron chi connectivity index (χ2n) is 6.96. The molecule has 1 saturated heterocycles. The number of amidine groups is 1. The third-order valence-corrected chi connectivity index (χ3v) is 5.89. The minimum atomic E-state index is -0.637. The van der Waals surface area contributed by atoms with Crippen LogP contribution in [0.1, 0.15) is 12.2 Å². The fourth-order valence-corrected chi connectivity index (χ4v) is 4.27. The highest BCUT2D eigenvalue weighted by molar-refractivity contribution is 8.15. The Kier molecular flexibility index (Phi) is 6.55. The minimum absolute atomic E-state index is 0.0445. The maximum absolute atomic E-state index is 13.1. The molecule has 32 heavy (non-hydrogen) atoms. The zero-order chi connectivity index (χ0) is 22.5. The number of carbonyl (C=O) groups is 2. The zero-order valence-corrected chi connectivity index (χ0v) is 18.0. The van der Waals surface area contributed by atoms with E-state index in [4.69, 9.17) is 9.15 Å². The van der Waals surface area contributed by atoms with E-state index in [-0.39, 0.29) is 24.8 Å². The van der Waals surface area contributed by atoms with E-state index in [0.717, 1.165) is 0 Å². The molecule has 1 fully saturated rings. The number of nitrogens with zero attached hydrogens (tertiary/aromatic N) is 2. The van der Waals surface area contributed by atoms with Gasteiger partial charge >= 0.3 is 0 Å². The van der Waals surface area contributed by atoms with Gasteiger partial charge in [-0.2, -0.15) is 0 Å². The molecule has 1 aliphatic heterocycles. The minimum Gasteiger partial charge on any atom is -0.497 e. The Balaban J connectivity index is 1.51. The van der Waals surface area contributed by atoms with Crippen molar-refractivity contribution in [2.45, 2.75) is 18.2 Å². The molecule has 0 radical (unpaired) electrons. The van der Waals surface area contributed by atoms with Crippen LogP contribution in [0.5, 0.6) is 5.75 Å². The van der Waals surface area contributed by atoms with Crippen LogP contribution in [0, 0.1) is 5.82 Å². The molecule has 164 valence electrons. The number of carbonyl (C=O) groups excluding carboxylic acids is 2. The number of hydrogen-bond donors (Lipinski definition) is 1. The molecular formula is C23H20FN3O4S. The summed E-state index contributed by atoms with van der Waals surface area (Å²) >= 11 is 1.23. The van der Waals surface area contributed by atoms with E-state index in [1.807, 2.05) is 0 Å². The average Bonchev–Trinajstić information content (AvgIpc) is 3.40. The molecule has 0 saturated carbocycles. The predicted molar refractivity (Wildman–Crippen MR) is 120 cm³/mol. The van der Waals surface area contributed by atoms with Gasteiger partial charge in [-0.1, -0.05) is 11.8 Å². The number of rotatable bonds is 7. The van der Waals surface area contributed by atoms with Crippen LogP contribution in [-0.2, 0) is 16.1 Å². The molecular weight excluding hydrogens is 433 g/mol. The number of methoxy groups -OCH3 is 1. The molecule has 1 atom stereocenters. The second kappa shape index (κ2) is 9.69. The smallest absolute Gasteiger partial charge is 0.243 e. The van der Waals surface area contributed by atoms with Gasteiger partial charge in [0.1, 0.15) is 22.6 Å². The van der Waals surface area contributed by atoms with Crippen LogP contribution >= 0.6 is 11.8 Å². The summed E-state index contributed by atoms with van der Waals surface area (Å²) in [4.78, 5) is 31.7. The summed E-state index contributed by atoms with van der Waals surface area (Å²) in [5.41, 5.74) is 1.12. The lowest BCUT2D eigenvalue weighted by atomic mass is 10.2. The average molecular weight is 453 g/mol. The molecule has 2 amide bonds. The Morgan fingerprint density at radius 3 is 2.59 bits per heavy atom. The van der Waals surface area contributed by atoms with Gasteiger partial charge in [-0.25, -0.2) is 9.38 Å². The van der Waals surface area contributed by atoms with Crippen LogP contribution in [-0.4, -0.2) is 34.2 Å². The lowest BCUT2D eigenvalue weighted by Crippen LogP contribution is -2.33. The molecule has 2 aromatic carbocycles. The van der Waals surface area contributed by atoms with Gasteiger partial charge in [0, 0.05) is 12.1 Å². The second-order valence-corrected chi connectivity index (χ2v) is 8.13. The SMILES string of the molecule is COc1ccc(N=C2S[C@@H](CC(=O)Nc3ccc(F)cc3)C(=O)N2Cc2ccco2)cc1. The zero-order valence-electron chi connectivity index (χ0n) is 17.2. The predicted octanol–water partition coefficient (Wildman–Crippen LogP) is 4.59. The number of ether oxygens (including phenoxy) is 1. The highest BCUT2D eigenvalue weighted by atomic mass is 32.2. The van der Waals surface area contributed by atoms with Crippen molar-refractivity contribution < 1.29 is 23.1 Å². The van der Waals surface area contributed by atoms with Crippen molar-refractivity contribution >= 4 is 40.1 Å². The topological polar surface area (TPSA) is 84.1 Å². The molecule has 7 nitrogen and oxygen atoms in total. The molecule has 0 unspecified atom stereocenters. The maximum Gasteiger partial charge on any atom is 0.243 e. The summed E-state index contributed by atoms with van der Waals surface area (Å²) in [6, 6.07) is 16.1. The van der Waals surface area contributed by atoms with E-state index >= 15 is 0 Å². The molecule has 4 rings (SSSR count). The van der Waals surface area contributed by atoms with Gasteiger partial charge in [0.2, 0.25) is 11.8 Å². The Bertz CT molecular complexity index is 1120. The molecule has 1 aromatic heterocycles. The summed E-state index contributed by atoms with van der Waals surface area (Å²) in [7, 11) is 1.58. The van der Waals surface area contributed by atoms with Crippen molar-refractivity contribution in [3.05, 3.63) is 78.5 Å². The van der Waals surface area contributed by atoms with Crippen LogP contribution < -0.4 is 10.1 Å². The van der Waals surface area contributed by atoms with Gasteiger partial charge in [0.25, 0.3) is 0 Å². The first-order valence-electron chi connectivity index (χ1n) is 9.80.